The first-order chi connectivity index (χ1) is 13.1. The molecule has 27 heavy (non-hydrogen) atoms. The van der Waals surface area contributed by atoms with Crippen LogP contribution in [-0.4, -0.2) is 33.8 Å². The minimum atomic E-state index is 0.561. The Morgan fingerprint density at radius 2 is 1.70 bits per heavy atom. The number of nitrogens with one attached hydrogen (secondary N) is 2. The maximum Gasteiger partial charge on any atom is 0.191 e. The Morgan fingerprint density at radius 3 is 2.37 bits per heavy atom. The number of aryl methyl sites for hydroxylation is 1. The number of ether oxygens (including phenoxy) is 3. The maximum atomic E-state index is 5.45. The van der Waals surface area contributed by atoms with E-state index in [2.05, 4.69) is 21.7 Å². The highest BCUT2D eigenvalue weighted by atomic mass is 16.5. The van der Waals surface area contributed by atoms with Gasteiger partial charge in [0.1, 0.15) is 17.2 Å². The van der Waals surface area contributed by atoms with Gasteiger partial charge >= 0.3 is 0 Å². The van der Waals surface area contributed by atoms with Crippen molar-refractivity contribution in [2.75, 3.05) is 27.9 Å². The van der Waals surface area contributed by atoms with Crippen LogP contribution in [-0.2, 0) is 13.1 Å². The molecule has 0 fully saturated rings. The number of guanidine groups is 1. The van der Waals surface area contributed by atoms with Crippen molar-refractivity contribution in [3.8, 4) is 17.2 Å². The van der Waals surface area contributed by atoms with E-state index in [1.807, 2.05) is 44.2 Å². The minimum Gasteiger partial charge on any atom is -0.497 e. The number of benzene rings is 2. The van der Waals surface area contributed by atoms with Crippen LogP contribution in [0.4, 0.5) is 0 Å². The lowest BCUT2D eigenvalue weighted by atomic mass is 10.1. The molecule has 2 aromatic rings. The molecule has 0 aliphatic rings. The van der Waals surface area contributed by atoms with Gasteiger partial charge in [-0.3, -0.25) is 0 Å². The summed E-state index contributed by atoms with van der Waals surface area (Å²) in [5.74, 6) is 3.17. The van der Waals surface area contributed by atoms with Crippen molar-refractivity contribution in [2.45, 2.75) is 26.9 Å². The molecule has 0 amide bonds. The fourth-order valence-electron chi connectivity index (χ4n) is 2.65. The first kappa shape index (κ1) is 20.4. The van der Waals surface area contributed by atoms with Gasteiger partial charge in [0.25, 0.3) is 0 Å². The molecule has 2 rings (SSSR count). The van der Waals surface area contributed by atoms with Crippen molar-refractivity contribution in [1.82, 2.24) is 10.6 Å². The van der Waals surface area contributed by atoms with E-state index in [1.54, 1.807) is 21.3 Å². The minimum absolute atomic E-state index is 0.561. The Labute approximate surface area is 161 Å². The molecule has 0 heterocycles. The zero-order valence-electron chi connectivity index (χ0n) is 16.8. The van der Waals surface area contributed by atoms with E-state index in [1.165, 1.54) is 0 Å². The molecule has 0 aliphatic heterocycles. The summed E-state index contributed by atoms with van der Waals surface area (Å²) in [6.45, 7) is 6.00. The number of nitrogens with zero attached hydrogens (tertiary/aromatic N) is 1. The highest BCUT2D eigenvalue weighted by Gasteiger charge is 2.07. The van der Waals surface area contributed by atoms with Crippen LogP contribution in [0, 0.1) is 6.92 Å². The molecule has 0 spiro atoms. The van der Waals surface area contributed by atoms with E-state index in [0.717, 1.165) is 46.4 Å². The Balaban J connectivity index is 2.08. The van der Waals surface area contributed by atoms with Gasteiger partial charge in [0.15, 0.2) is 5.96 Å². The van der Waals surface area contributed by atoms with Gasteiger partial charge in [0.2, 0.25) is 0 Å². The van der Waals surface area contributed by atoms with Crippen molar-refractivity contribution in [1.29, 1.82) is 0 Å². The van der Waals surface area contributed by atoms with Gasteiger partial charge in [-0.25, -0.2) is 4.99 Å². The predicted molar refractivity (Wildman–Crippen MR) is 109 cm³/mol. The summed E-state index contributed by atoms with van der Waals surface area (Å²) >= 11 is 0. The van der Waals surface area contributed by atoms with Gasteiger partial charge in [-0.05, 0) is 43.2 Å². The third kappa shape index (κ3) is 5.81. The van der Waals surface area contributed by atoms with Gasteiger partial charge < -0.3 is 24.8 Å². The number of rotatable bonds is 8. The molecular weight excluding hydrogens is 342 g/mol. The van der Waals surface area contributed by atoms with Gasteiger partial charge in [-0.1, -0.05) is 12.1 Å². The molecular formula is C21H29N3O3. The van der Waals surface area contributed by atoms with Crippen molar-refractivity contribution in [3.05, 3.63) is 53.1 Å². The molecule has 0 bridgehead atoms. The van der Waals surface area contributed by atoms with Crippen LogP contribution in [0.3, 0.4) is 0 Å². The van der Waals surface area contributed by atoms with Crippen LogP contribution in [0.15, 0.2) is 41.4 Å². The Morgan fingerprint density at radius 1 is 0.926 bits per heavy atom. The first-order valence-electron chi connectivity index (χ1n) is 8.97. The maximum absolute atomic E-state index is 5.45. The summed E-state index contributed by atoms with van der Waals surface area (Å²) in [6.07, 6.45) is 0. The Bertz CT molecular complexity index is 775. The topological polar surface area (TPSA) is 64.1 Å². The summed E-state index contributed by atoms with van der Waals surface area (Å²) < 4.78 is 16.1. The molecule has 0 unspecified atom stereocenters. The van der Waals surface area contributed by atoms with Gasteiger partial charge in [0.05, 0.1) is 27.9 Å². The molecule has 0 aromatic heterocycles. The molecule has 0 saturated carbocycles. The van der Waals surface area contributed by atoms with Crippen molar-refractivity contribution < 1.29 is 14.2 Å². The first-order valence-corrected chi connectivity index (χ1v) is 8.97. The summed E-state index contributed by atoms with van der Waals surface area (Å²) in [6, 6.07) is 11.9. The van der Waals surface area contributed by atoms with E-state index in [9.17, 15) is 0 Å². The normalized spacial score (nSPS) is 11.1. The van der Waals surface area contributed by atoms with E-state index < -0.39 is 0 Å². The predicted octanol–water partition coefficient (Wildman–Crippen LogP) is 3.28. The van der Waals surface area contributed by atoms with Crippen LogP contribution in [0.25, 0.3) is 0 Å². The average molecular weight is 371 g/mol. The number of hydrogen-bond donors (Lipinski definition) is 2. The molecule has 0 atom stereocenters. The fourth-order valence-corrected chi connectivity index (χ4v) is 2.65. The fraction of sp³-hybridized carbons (Fsp3) is 0.381. The van der Waals surface area contributed by atoms with Crippen LogP contribution < -0.4 is 24.8 Å². The van der Waals surface area contributed by atoms with Crippen LogP contribution in [0.5, 0.6) is 17.2 Å². The molecule has 2 aromatic carbocycles. The standard InChI is InChI=1S/C21H29N3O3/c1-6-22-21(23-13-16-8-7-15(2)19(11-16)26-4)24-14-17-9-10-18(25-3)12-20(17)27-5/h7-12H,6,13-14H2,1-5H3,(H2,22,23,24). The molecule has 146 valence electrons. The van der Waals surface area contributed by atoms with E-state index in [-0.39, 0.29) is 0 Å². The highest BCUT2D eigenvalue weighted by Crippen LogP contribution is 2.24. The zero-order chi connectivity index (χ0) is 19.6. The van der Waals surface area contributed by atoms with E-state index in [0.29, 0.717) is 13.1 Å². The monoisotopic (exact) mass is 371 g/mol. The second kappa shape index (κ2) is 10.3. The summed E-state index contributed by atoms with van der Waals surface area (Å²) in [7, 11) is 4.98. The average Bonchev–Trinajstić information content (AvgIpc) is 2.70. The Kier molecular flexibility index (Phi) is 7.79. The van der Waals surface area contributed by atoms with Crippen molar-refractivity contribution in [3.63, 3.8) is 0 Å². The third-order valence-electron chi connectivity index (χ3n) is 4.18. The van der Waals surface area contributed by atoms with E-state index in [4.69, 9.17) is 14.2 Å². The number of aliphatic imine (C=N–C) groups is 1. The molecule has 2 N–H and O–H groups in total. The highest BCUT2D eigenvalue weighted by molar-refractivity contribution is 5.79. The Hall–Kier alpha value is -2.89. The van der Waals surface area contributed by atoms with Crippen molar-refractivity contribution >= 4 is 5.96 Å². The quantitative estimate of drug-likeness (QED) is 0.551. The third-order valence-corrected chi connectivity index (χ3v) is 4.18. The van der Waals surface area contributed by atoms with Crippen LogP contribution in [0.2, 0.25) is 0 Å². The zero-order valence-corrected chi connectivity index (χ0v) is 16.8. The largest absolute Gasteiger partial charge is 0.497 e. The lowest BCUT2D eigenvalue weighted by Crippen LogP contribution is -2.36. The number of methoxy groups -OCH3 is 3. The summed E-state index contributed by atoms with van der Waals surface area (Å²) in [5, 5.41) is 6.61. The lowest BCUT2D eigenvalue weighted by molar-refractivity contribution is 0.390. The molecule has 0 saturated heterocycles. The second-order valence-electron chi connectivity index (χ2n) is 6.03. The SMILES string of the molecule is CCNC(=NCc1ccc(C)c(OC)c1)NCc1ccc(OC)cc1OC. The van der Waals surface area contributed by atoms with Crippen LogP contribution in [0.1, 0.15) is 23.6 Å². The summed E-state index contributed by atoms with van der Waals surface area (Å²) in [4.78, 5) is 4.67. The lowest BCUT2D eigenvalue weighted by Gasteiger charge is -2.14. The van der Waals surface area contributed by atoms with E-state index >= 15 is 0 Å². The summed E-state index contributed by atoms with van der Waals surface area (Å²) in [5.41, 5.74) is 3.24. The molecule has 0 aliphatic carbocycles. The molecule has 6 nitrogen and oxygen atoms in total. The number of hydrogen-bond acceptors (Lipinski definition) is 4. The van der Waals surface area contributed by atoms with Gasteiger partial charge in [0, 0.05) is 24.7 Å². The second-order valence-corrected chi connectivity index (χ2v) is 6.03. The van der Waals surface area contributed by atoms with Crippen molar-refractivity contribution in [2.24, 2.45) is 4.99 Å². The molecule has 6 heteroatoms. The smallest absolute Gasteiger partial charge is 0.191 e. The van der Waals surface area contributed by atoms with Crippen LogP contribution >= 0.6 is 0 Å². The molecule has 0 radical (unpaired) electrons. The van der Waals surface area contributed by atoms with Gasteiger partial charge in [-0.2, -0.15) is 0 Å². The van der Waals surface area contributed by atoms with Gasteiger partial charge in [-0.15, -0.1) is 0 Å².